The molecule has 0 unspecified atom stereocenters. The van der Waals surface area contributed by atoms with Crippen LogP contribution in [0.4, 0.5) is 5.69 Å². The first kappa shape index (κ1) is 14.4. The summed E-state index contributed by atoms with van der Waals surface area (Å²) in [6, 6.07) is 5.14. The predicted molar refractivity (Wildman–Crippen MR) is 71.8 cm³/mol. The number of nitrogen functional groups attached to an aromatic ring is 1. The normalized spacial score (nSPS) is 10.4. The molecule has 0 radical (unpaired) electrons. The fraction of sp³-hybridized carbons (Fsp3) is 0.500. The van der Waals surface area contributed by atoms with E-state index in [0.29, 0.717) is 36.1 Å². The molecule has 0 aromatic heterocycles. The zero-order valence-electron chi connectivity index (χ0n) is 11.2. The summed E-state index contributed by atoms with van der Waals surface area (Å²) >= 11 is 0. The molecule has 4 heteroatoms. The van der Waals surface area contributed by atoms with Crippen molar-refractivity contribution < 1.29 is 14.3 Å². The van der Waals surface area contributed by atoms with E-state index in [-0.39, 0.29) is 0 Å². The monoisotopic (exact) mass is 251 g/mol. The van der Waals surface area contributed by atoms with Gasteiger partial charge in [0.2, 0.25) is 0 Å². The maximum atomic E-state index is 12.0. The molecule has 18 heavy (non-hydrogen) atoms. The van der Waals surface area contributed by atoms with Crippen molar-refractivity contribution in [1.29, 1.82) is 0 Å². The third-order valence-electron chi connectivity index (χ3n) is 2.49. The summed E-state index contributed by atoms with van der Waals surface area (Å²) in [4.78, 5) is 12.0. The lowest BCUT2D eigenvalue weighted by Gasteiger charge is -2.12. The van der Waals surface area contributed by atoms with E-state index < -0.39 is 5.97 Å². The van der Waals surface area contributed by atoms with Gasteiger partial charge in [-0.3, -0.25) is 0 Å². The van der Waals surface area contributed by atoms with E-state index in [4.69, 9.17) is 15.2 Å². The second-order valence-corrected chi connectivity index (χ2v) is 4.47. The van der Waals surface area contributed by atoms with E-state index in [1.165, 1.54) is 0 Å². The highest BCUT2D eigenvalue weighted by Crippen LogP contribution is 2.25. The van der Waals surface area contributed by atoms with Crippen molar-refractivity contribution in [3.8, 4) is 5.75 Å². The van der Waals surface area contributed by atoms with Crippen LogP contribution in [0.15, 0.2) is 18.2 Å². The molecule has 0 aliphatic rings. The van der Waals surface area contributed by atoms with Crippen LogP contribution < -0.4 is 10.5 Å². The van der Waals surface area contributed by atoms with Crippen LogP contribution in [-0.4, -0.2) is 19.2 Å². The maximum Gasteiger partial charge on any atom is 0.344 e. The van der Waals surface area contributed by atoms with Gasteiger partial charge >= 0.3 is 5.97 Å². The van der Waals surface area contributed by atoms with Crippen LogP contribution in [0.3, 0.4) is 0 Å². The van der Waals surface area contributed by atoms with Gasteiger partial charge in [-0.1, -0.05) is 19.9 Å². The molecule has 0 fully saturated rings. The molecule has 1 aromatic carbocycles. The van der Waals surface area contributed by atoms with Crippen LogP contribution in [0.2, 0.25) is 0 Å². The fourth-order valence-corrected chi connectivity index (χ4v) is 1.50. The van der Waals surface area contributed by atoms with Crippen molar-refractivity contribution in [1.82, 2.24) is 0 Å². The van der Waals surface area contributed by atoms with Crippen LogP contribution in [0.1, 0.15) is 37.6 Å². The first-order chi connectivity index (χ1) is 8.56. The van der Waals surface area contributed by atoms with Crippen molar-refractivity contribution in [2.24, 2.45) is 5.92 Å². The van der Waals surface area contributed by atoms with Crippen molar-refractivity contribution >= 4 is 11.7 Å². The second kappa shape index (κ2) is 6.89. The molecule has 1 aromatic rings. The Morgan fingerprint density at radius 2 is 2.11 bits per heavy atom. The Bertz CT molecular complexity index is 402. The molecule has 0 spiro atoms. The minimum Gasteiger partial charge on any atom is -0.493 e. The van der Waals surface area contributed by atoms with Gasteiger partial charge in [-0.2, -0.15) is 0 Å². The lowest BCUT2D eigenvalue weighted by molar-refractivity contribution is 0.0485. The Labute approximate surface area is 108 Å². The van der Waals surface area contributed by atoms with Gasteiger partial charge in [0.1, 0.15) is 11.3 Å². The van der Waals surface area contributed by atoms with Gasteiger partial charge in [-0.25, -0.2) is 4.79 Å². The highest BCUT2D eigenvalue weighted by atomic mass is 16.5. The van der Waals surface area contributed by atoms with Crippen molar-refractivity contribution in [2.45, 2.75) is 27.2 Å². The van der Waals surface area contributed by atoms with Crippen molar-refractivity contribution in [3.63, 3.8) is 0 Å². The van der Waals surface area contributed by atoms with Crippen LogP contribution in [0.25, 0.3) is 0 Å². The Hall–Kier alpha value is -1.71. The number of esters is 1. The summed E-state index contributed by atoms with van der Waals surface area (Å²) in [7, 11) is 0. The summed E-state index contributed by atoms with van der Waals surface area (Å²) in [5, 5.41) is 0. The van der Waals surface area contributed by atoms with Crippen LogP contribution in [-0.2, 0) is 4.74 Å². The van der Waals surface area contributed by atoms with E-state index >= 15 is 0 Å². The lowest BCUT2D eigenvalue weighted by atomic mass is 10.1. The molecule has 0 amide bonds. The number of rotatable bonds is 6. The molecule has 0 aliphatic carbocycles. The summed E-state index contributed by atoms with van der Waals surface area (Å²) in [5.74, 6) is 0.557. The number of carbonyl (C=O) groups excluding carboxylic acids is 1. The Kier molecular flexibility index (Phi) is 5.49. The van der Waals surface area contributed by atoms with Gasteiger partial charge in [0, 0.05) is 5.69 Å². The number of hydrogen-bond acceptors (Lipinski definition) is 4. The number of anilines is 1. The smallest absolute Gasteiger partial charge is 0.344 e. The molecule has 2 N–H and O–H groups in total. The van der Waals surface area contributed by atoms with Gasteiger partial charge in [0.15, 0.2) is 0 Å². The minimum absolute atomic E-state index is 0.322. The molecule has 0 atom stereocenters. The number of ether oxygens (including phenoxy) is 2. The van der Waals surface area contributed by atoms with Crippen molar-refractivity contribution in [2.75, 3.05) is 18.9 Å². The molecule has 0 aliphatic heterocycles. The largest absolute Gasteiger partial charge is 0.493 e. The molecular formula is C14H21NO3. The van der Waals surface area contributed by atoms with E-state index in [9.17, 15) is 4.79 Å². The number of benzene rings is 1. The minimum atomic E-state index is -0.419. The SMILES string of the molecule is CCOc1cccc(N)c1C(=O)OCCC(C)C. The first-order valence-corrected chi connectivity index (χ1v) is 6.24. The lowest BCUT2D eigenvalue weighted by Crippen LogP contribution is -2.12. The predicted octanol–water partition coefficient (Wildman–Crippen LogP) is 2.87. The zero-order valence-corrected chi connectivity index (χ0v) is 11.2. The third-order valence-corrected chi connectivity index (χ3v) is 2.49. The molecular weight excluding hydrogens is 230 g/mol. The highest BCUT2D eigenvalue weighted by Gasteiger charge is 2.17. The Morgan fingerprint density at radius 3 is 2.72 bits per heavy atom. The Morgan fingerprint density at radius 1 is 1.39 bits per heavy atom. The highest BCUT2D eigenvalue weighted by molar-refractivity contribution is 5.98. The zero-order chi connectivity index (χ0) is 13.5. The molecule has 0 heterocycles. The van der Waals surface area contributed by atoms with Gasteiger partial charge in [0.05, 0.1) is 13.2 Å². The number of carbonyl (C=O) groups is 1. The van der Waals surface area contributed by atoms with Gasteiger partial charge < -0.3 is 15.2 Å². The molecule has 0 saturated carbocycles. The summed E-state index contributed by atoms with van der Waals surface area (Å²) < 4.78 is 10.6. The van der Waals surface area contributed by atoms with Crippen LogP contribution >= 0.6 is 0 Å². The second-order valence-electron chi connectivity index (χ2n) is 4.47. The van der Waals surface area contributed by atoms with Gasteiger partial charge in [-0.15, -0.1) is 0 Å². The fourth-order valence-electron chi connectivity index (χ4n) is 1.50. The summed E-state index contributed by atoms with van der Waals surface area (Å²) in [5.41, 5.74) is 6.51. The number of hydrogen-bond donors (Lipinski definition) is 1. The third kappa shape index (κ3) is 3.95. The summed E-state index contributed by atoms with van der Waals surface area (Å²) in [6.07, 6.45) is 0.836. The molecule has 4 nitrogen and oxygen atoms in total. The van der Waals surface area contributed by atoms with Crippen LogP contribution in [0.5, 0.6) is 5.75 Å². The maximum absolute atomic E-state index is 12.0. The quantitative estimate of drug-likeness (QED) is 0.623. The van der Waals surface area contributed by atoms with Crippen LogP contribution in [0, 0.1) is 5.92 Å². The summed E-state index contributed by atoms with van der Waals surface area (Å²) in [6.45, 7) is 6.90. The average molecular weight is 251 g/mol. The van der Waals surface area contributed by atoms with Crippen molar-refractivity contribution in [3.05, 3.63) is 23.8 Å². The first-order valence-electron chi connectivity index (χ1n) is 6.24. The standard InChI is InChI=1S/C14H21NO3/c1-4-17-12-7-5-6-11(15)13(12)14(16)18-9-8-10(2)3/h5-7,10H,4,8-9,15H2,1-3H3. The van der Waals surface area contributed by atoms with E-state index in [1.54, 1.807) is 18.2 Å². The number of nitrogens with two attached hydrogens (primary N) is 1. The molecule has 1 rings (SSSR count). The van der Waals surface area contributed by atoms with E-state index in [2.05, 4.69) is 13.8 Å². The van der Waals surface area contributed by atoms with E-state index in [0.717, 1.165) is 6.42 Å². The average Bonchev–Trinajstić information content (AvgIpc) is 2.28. The van der Waals surface area contributed by atoms with Gasteiger partial charge in [-0.05, 0) is 31.4 Å². The van der Waals surface area contributed by atoms with E-state index in [1.807, 2.05) is 6.92 Å². The Balaban J connectivity index is 2.77. The molecule has 100 valence electrons. The molecule has 0 bridgehead atoms. The molecule has 0 saturated heterocycles. The van der Waals surface area contributed by atoms with Gasteiger partial charge in [0.25, 0.3) is 0 Å². The topological polar surface area (TPSA) is 61.5 Å².